The van der Waals surface area contributed by atoms with Crippen molar-refractivity contribution >= 4 is 11.6 Å². The Kier molecular flexibility index (Phi) is 10.6. The van der Waals surface area contributed by atoms with Gasteiger partial charge in [-0.1, -0.05) is 26.7 Å². The van der Waals surface area contributed by atoms with Gasteiger partial charge in [-0.05, 0) is 5.92 Å². The van der Waals surface area contributed by atoms with E-state index in [1.54, 1.807) is 0 Å². The van der Waals surface area contributed by atoms with Crippen molar-refractivity contribution in [3.8, 4) is 11.5 Å². The molecule has 1 aliphatic rings. The smallest absolute Gasteiger partial charge is 0.286 e. The Balaban J connectivity index is 2.23. The van der Waals surface area contributed by atoms with Crippen LogP contribution in [0.25, 0.3) is 0 Å². The summed E-state index contributed by atoms with van der Waals surface area (Å²) in [5.41, 5.74) is -0.391. The molecule has 0 radical (unpaired) electrons. The van der Waals surface area contributed by atoms with Crippen LogP contribution in [0.15, 0.2) is 12.1 Å². The average Bonchev–Trinajstić information content (AvgIpc) is 2.81. The van der Waals surface area contributed by atoms with Gasteiger partial charge in [0.25, 0.3) is 11.6 Å². The van der Waals surface area contributed by atoms with Crippen molar-refractivity contribution in [1.82, 2.24) is 10.2 Å². The minimum atomic E-state index is -0.585. The summed E-state index contributed by atoms with van der Waals surface area (Å²) in [4.78, 5) is 26.4. The fourth-order valence-corrected chi connectivity index (χ4v) is 4.02. The molecule has 0 aromatic heterocycles. The number of hydrogen-bond donors (Lipinski definition) is 1. The van der Waals surface area contributed by atoms with Gasteiger partial charge in [0.1, 0.15) is 12.2 Å². The Morgan fingerprint density at radius 1 is 1.19 bits per heavy atom. The second kappa shape index (κ2) is 13.2. The Morgan fingerprint density at radius 3 is 2.44 bits per heavy atom. The lowest BCUT2D eigenvalue weighted by Crippen LogP contribution is -2.52. The number of hydrogen-bond acceptors (Lipinski definition) is 8. The van der Waals surface area contributed by atoms with E-state index in [9.17, 15) is 14.9 Å². The van der Waals surface area contributed by atoms with Crippen LogP contribution in [0.2, 0.25) is 0 Å². The lowest BCUT2D eigenvalue weighted by molar-refractivity contribution is -0.385. The van der Waals surface area contributed by atoms with Crippen molar-refractivity contribution in [3.63, 3.8) is 0 Å². The van der Waals surface area contributed by atoms with Gasteiger partial charge >= 0.3 is 0 Å². The zero-order valence-electron chi connectivity index (χ0n) is 19.4. The van der Waals surface area contributed by atoms with E-state index in [-0.39, 0.29) is 35.4 Å². The summed E-state index contributed by atoms with van der Waals surface area (Å²) in [6.45, 7) is 8.14. The van der Waals surface area contributed by atoms with Crippen molar-refractivity contribution in [2.24, 2.45) is 5.92 Å². The highest BCUT2D eigenvalue weighted by molar-refractivity contribution is 5.99. The summed E-state index contributed by atoms with van der Waals surface area (Å²) in [6.07, 6.45) is 1.96. The summed E-state index contributed by atoms with van der Waals surface area (Å²) in [6, 6.07) is 2.72. The van der Waals surface area contributed by atoms with E-state index >= 15 is 0 Å². The summed E-state index contributed by atoms with van der Waals surface area (Å²) in [5.74, 6) is 0.328. The number of rotatable bonds is 13. The maximum atomic E-state index is 13.0. The molecule has 1 aliphatic heterocycles. The number of carbonyl (C=O) groups excluding carboxylic acids is 1. The van der Waals surface area contributed by atoms with E-state index in [1.807, 2.05) is 0 Å². The first-order valence-corrected chi connectivity index (χ1v) is 11.0. The second-order valence-electron chi connectivity index (χ2n) is 7.62. The van der Waals surface area contributed by atoms with E-state index in [0.29, 0.717) is 32.3 Å². The maximum Gasteiger partial charge on any atom is 0.286 e. The third kappa shape index (κ3) is 6.78. The molecular formula is C22H35N3O7. The summed E-state index contributed by atoms with van der Waals surface area (Å²) in [7, 11) is 2.95. The highest BCUT2D eigenvalue weighted by atomic mass is 16.6. The number of methoxy groups -OCH3 is 2. The predicted molar refractivity (Wildman–Crippen MR) is 120 cm³/mol. The molecule has 1 fully saturated rings. The van der Waals surface area contributed by atoms with Gasteiger partial charge in [0.2, 0.25) is 0 Å². The minimum Gasteiger partial charge on any atom is -0.493 e. The number of nitro groups is 1. The number of morpholine rings is 1. The fraction of sp³-hybridized carbons (Fsp3) is 0.682. The Bertz CT molecular complexity index is 749. The molecule has 0 bridgehead atoms. The Hall–Kier alpha value is -2.43. The van der Waals surface area contributed by atoms with Crippen LogP contribution < -0.4 is 14.8 Å². The molecule has 1 amide bonds. The summed E-state index contributed by atoms with van der Waals surface area (Å²) >= 11 is 0. The number of nitrogens with zero attached hydrogens (tertiary/aromatic N) is 2. The molecule has 1 heterocycles. The molecule has 10 heteroatoms. The minimum absolute atomic E-state index is 0.0591. The highest BCUT2D eigenvalue weighted by Crippen LogP contribution is 2.35. The molecule has 0 spiro atoms. The van der Waals surface area contributed by atoms with Crippen LogP contribution in [0.3, 0.4) is 0 Å². The Labute approximate surface area is 189 Å². The summed E-state index contributed by atoms with van der Waals surface area (Å²) in [5, 5.41) is 14.6. The molecule has 180 valence electrons. The molecule has 32 heavy (non-hydrogen) atoms. The van der Waals surface area contributed by atoms with Crippen LogP contribution in [-0.2, 0) is 9.47 Å². The Morgan fingerprint density at radius 2 is 1.88 bits per heavy atom. The van der Waals surface area contributed by atoms with E-state index in [4.69, 9.17) is 18.9 Å². The lowest BCUT2D eigenvalue weighted by atomic mass is 9.92. The monoisotopic (exact) mass is 453 g/mol. The van der Waals surface area contributed by atoms with Crippen molar-refractivity contribution < 1.29 is 28.7 Å². The van der Waals surface area contributed by atoms with E-state index < -0.39 is 10.8 Å². The number of carbonyl (C=O) groups is 1. The topological polar surface area (TPSA) is 112 Å². The first-order chi connectivity index (χ1) is 15.5. The molecule has 1 aromatic carbocycles. The van der Waals surface area contributed by atoms with Gasteiger partial charge in [-0.3, -0.25) is 19.8 Å². The largest absolute Gasteiger partial charge is 0.493 e. The van der Waals surface area contributed by atoms with Crippen LogP contribution in [0.4, 0.5) is 5.69 Å². The highest BCUT2D eigenvalue weighted by Gasteiger charge is 2.29. The number of ether oxygens (including phenoxy) is 4. The normalized spacial score (nSPS) is 15.4. The van der Waals surface area contributed by atoms with Crippen LogP contribution in [-0.4, -0.2) is 82.1 Å². The number of nitro benzene ring substituents is 1. The molecule has 0 aliphatic carbocycles. The van der Waals surface area contributed by atoms with Crippen molar-refractivity contribution in [2.75, 3.05) is 60.3 Å². The third-order valence-corrected chi connectivity index (χ3v) is 5.85. The average molecular weight is 454 g/mol. The molecular weight excluding hydrogens is 418 g/mol. The molecule has 1 N–H and O–H groups in total. The molecule has 1 atom stereocenters. The van der Waals surface area contributed by atoms with Crippen molar-refractivity contribution in [1.29, 1.82) is 0 Å². The molecule has 10 nitrogen and oxygen atoms in total. The SMILES string of the molecule is CCC(CC)C(CNC(=O)c1cc(OC)c(OCCOC)cc1[N+](=O)[O-])N1CCOCC1. The van der Waals surface area contributed by atoms with Crippen LogP contribution in [0.5, 0.6) is 11.5 Å². The standard InChI is InChI=1S/C22H35N3O7/c1-5-16(6-2)19(24-7-9-31-10-8-24)15-23-22(26)17-13-20(30-4)21(32-12-11-29-3)14-18(17)25(27)28/h13-14,16,19H,5-12,15H2,1-4H3,(H,23,26). The zero-order chi connectivity index (χ0) is 23.5. The predicted octanol–water partition coefficient (Wildman–Crippen LogP) is 2.50. The third-order valence-electron chi connectivity index (χ3n) is 5.85. The van der Waals surface area contributed by atoms with Gasteiger partial charge < -0.3 is 24.3 Å². The molecule has 2 rings (SSSR count). The van der Waals surface area contributed by atoms with Crippen LogP contribution >= 0.6 is 0 Å². The van der Waals surface area contributed by atoms with Crippen LogP contribution in [0, 0.1) is 16.0 Å². The van der Waals surface area contributed by atoms with E-state index in [1.165, 1.54) is 26.4 Å². The van der Waals surface area contributed by atoms with E-state index in [2.05, 4.69) is 24.1 Å². The molecule has 0 saturated carbocycles. The number of nitrogens with one attached hydrogen (secondary N) is 1. The van der Waals surface area contributed by atoms with Crippen molar-refractivity contribution in [2.45, 2.75) is 32.7 Å². The van der Waals surface area contributed by atoms with Gasteiger partial charge in [0, 0.05) is 38.9 Å². The molecule has 1 saturated heterocycles. The van der Waals surface area contributed by atoms with Gasteiger partial charge in [-0.2, -0.15) is 0 Å². The van der Waals surface area contributed by atoms with Crippen LogP contribution in [0.1, 0.15) is 37.0 Å². The number of amides is 1. The molecule has 1 unspecified atom stereocenters. The van der Waals surface area contributed by atoms with Gasteiger partial charge in [-0.25, -0.2) is 0 Å². The van der Waals surface area contributed by atoms with Gasteiger partial charge in [-0.15, -0.1) is 0 Å². The second-order valence-corrected chi connectivity index (χ2v) is 7.62. The molecule has 1 aromatic rings. The first-order valence-electron chi connectivity index (χ1n) is 11.0. The quantitative estimate of drug-likeness (QED) is 0.275. The maximum absolute atomic E-state index is 13.0. The van der Waals surface area contributed by atoms with Crippen molar-refractivity contribution in [3.05, 3.63) is 27.8 Å². The lowest BCUT2D eigenvalue weighted by Gasteiger charge is -2.38. The zero-order valence-corrected chi connectivity index (χ0v) is 19.4. The number of benzene rings is 1. The summed E-state index contributed by atoms with van der Waals surface area (Å²) < 4.78 is 21.2. The van der Waals surface area contributed by atoms with Gasteiger partial charge in [0.05, 0.1) is 37.9 Å². The fourth-order valence-electron chi connectivity index (χ4n) is 4.02. The first kappa shape index (κ1) is 25.8. The van der Waals surface area contributed by atoms with E-state index in [0.717, 1.165) is 25.9 Å². The van der Waals surface area contributed by atoms with Gasteiger partial charge in [0.15, 0.2) is 11.5 Å².